The van der Waals surface area contributed by atoms with E-state index in [1.54, 1.807) is 18.2 Å². The van der Waals surface area contributed by atoms with E-state index in [2.05, 4.69) is 5.32 Å². The van der Waals surface area contributed by atoms with Crippen molar-refractivity contribution in [3.05, 3.63) is 59.7 Å². The lowest BCUT2D eigenvalue weighted by molar-refractivity contribution is -0.142. The van der Waals surface area contributed by atoms with Gasteiger partial charge in [0.2, 0.25) is 0 Å². The van der Waals surface area contributed by atoms with Gasteiger partial charge in [0, 0.05) is 18.1 Å². The summed E-state index contributed by atoms with van der Waals surface area (Å²) in [7, 11) is 4.30. The van der Waals surface area contributed by atoms with Crippen LogP contribution in [0.1, 0.15) is 15.9 Å². The van der Waals surface area contributed by atoms with Crippen LogP contribution in [-0.2, 0) is 16.0 Å². The van der Waals surface area contributed by atoms with E-state index < -0.39 is 17.9 Å². The minimum Gasteiger partial charge on any atom is -0.497 e. The molecule has 2 aromatic carbocycles. The molecular formula is C19H21NO5. The summed E-state index contributed by atoms with van der Waals surface area (Å²) in [5.41, 5.74) is 1.25. The number of nitrogens with one attached hydrogen (secondary N) is 1. The summed E-state index contributed by atoms with van der Waals surface area (Å²) >= 11 is 0. The highest BCUT2D eigenvalue weighted by Gasteiger charge is 2.23. The Labute approximate surface area is 146 Å². The molecule has 6 nitrogen and oxygen atoms in total. The molecule has 1 atom stereocenters. The van der Waals surface area contributed by atoms with Gasteiger partial charge in [-0.1, -0.05) is 30.3 Å². The highest BCUT2D eigenvalue weighted by Crippen LogP contribution is 2.22. The van der Waals surface area contributed by atoms with Crippen LogP contribution in [0.15, 0.2) is 48.5 Å². The van der Waals surface area contributed by atoms with Crippen LogP contribution in [0.5, 0.6) is 11.5 Å². The van der Waals surface area contributed by atoms with E-state index >= 15 is 0 Å². The van der Waals surface area contributed by atoms with Gasteiger partial charge < -0.3 is 19.5 Å². The second kappa shape index (κ2) is 8.73. The Morgan fingerprint density at radius 1 is 0.960 bits per heavy atom. The smallest absolute Gasteiger partial charge is 0.328 e. The minimum atomic E-state index is -0.794. The first-order chi connectivity index (χ1) is 12.1. The molecule has 0 aliphatic rings. The van der Waals surface area contributed by atoms with Crippen molar-refractivity contribution in [3.63, 3.8) is 0 Å². The van der Waals surface area contributed by atoms with Gasteiger partial charge in [-0.3, -0.25) is 4.79 Å². The van der Waals surface area contributed by atoms with Gasteiger partial charge in [-0.25, -0.2) is 4.79 Å². The first-order valence-corrected chi connectivity index (χ1v) is 7.73. The topological polar surface area (TPSA) is 73.9 Å². The van der Waals surface area contributed by atoms with Gasteiger partial charge in [0.25, 0.3) is 5.91 Å². The first-order valence-electron chi connectivity index (χ1n) is 7.73. The quantitative estimate of drug-likeness (QED) is 0.781. The number of carbonyl (C=O) groups is 2. The van der Waals surface area contributed by atoms with Crippen LogP contribution in [0.4, 0.5) is 0 Å². The molecule has 0 heterocycles. The molecular weight excluding hydrogens is 322 g/mol. The Morgan fingerprint density at radius 2 is 1.56 bits per heavy atom. The van der Waals surface area contributed by atoms with E-state index in [4.69, 9.17) is 14.2 Å². The molecule has 6 heteroatoms. The van der Waals surface area contributed by atoms with Crippen LogP contribution in [0.2, 0.25) is 0 Å². The third kappa shape index (κ3) is 4.97. The van der Waals surface area contributed by atoms with Crippen LogP contribution >= 0.6 is 0 Å². The zero-order chi connectivity index (χ0) is 18.2. The zero-order valence-corrected chi connectivity index (χ0v) is 14.4. The van der Waals surface area contributed by atoms with Crippen molar-refractivity contribution in [2.45, 2.75) is 12.5 Å². The van der Waals surface area contributed by atoms with E-state index in [-0.39, 0.29) is 0 Å². The van der Waals surface area contributed by atoms with Gasteiger partial charge in [-0.15, -0.1) is 0 Å². The predicted octanol–water partition coefficient (Wildman–Crippen LogP) is 2.22. The Bertz CT molecular complexity index is 708. The Hall–Kier alpha value is -3.02. The molecule has 0 spiro atoms. The average Bonchev–Trinajstić information content (AvgIpc) is 2.66. The number of hydrogen-bond acceptors (Lipinski definition) is 5. The van der Waals surface area contributed by atoms with E-state index in [9.17, 15) is 9.59 Å². The predicted molar refractivity (Wildman–Crippen MR) is 93.0 cm³/mol. The third-order valence-corrected chi connectivity index (χ3v) is 3.69. The second-order valence-electron chi connectivity index (χ2n) is 5.34. The molecule has 0 saturated heterocycles. The van der Waals surface area contributed by atoms with Crippen LogP contribution in [0.3, 0.4) is 0 Å². The molecule has 1 N–H and O–H groups in total. The van der Waals surface area contributed by atoms with E-state index in [0.717, 1.165) is 5.56 Å². The lowest BCUT2D eigenvalue weighted by atomic mass is 10.1. The normalized spacial score (nSPS) is 11.3. The zero-order valence-electron chi connectivity index (χ0n) is 14.4. The van der Waals surface area contributed by atoms with Gasteiger partial charge in [-0.2, -0.15) is 0 Å². The standard InChI is InChI=1S/C19H21NO5/c1-23-15-10-14(11-16(12-15)24-2)18(21)20-17(19(22)25-3)9-13-7-5-4-6-8-13/h4-8,10-12,17H,9H2,1-3H3,(H,20,21)/t17-/m0/s1. The molecule has 1 amide bonds. The Morgan fingerprint density at radius 3 is 2.08 bits per heavy atom. The van der Waals surface area contributed by atoms with Gasteiger partial charge >= 0.3 is 5.97 Å². The maximum Gasteiger partial charge on any atom is 0.328 e. The van der Waals surface area contributed by atoms with Crippen molar-refractivity contribution < 1.29 is 23.8 Å². The summed E-state index contributed by atoms with van der Waals surface area (Å²) in [6.45, 7) is 0. The molecule has 0 bridgehead atoms. The van der Waals surface area contributed by atoms with Gasteiger partial charge in [0.05, 0.1) is 21.3 Å². The van der Waals surface area contributed by atoms with Crippen LogP contribution < -0.4 is 14.8 Å². The number of amides is 1. The third-order valence-electron chi connectivity index (χ3n) is 3.69. The Kier molecular flexibility index (Phi) is 6.39. The van der Waals surface area contributed by atoms with Crippen molar-refractivity contribution in [1.29, 1.82) is 0 Å². The van der Waals surface area contributed by atoms with Gasteiger partial charge in [-0.05, 0) is 17.7 Å². The average molecular weight is 343 g/mol. The summed E-state index contributed by atoms with van der Waals surface area (Å²) in [6, 6.07) is 13.4. The number of methoxy groups -OCH3 is 3. The largest absolute Gasteiger partial charge is 0.497 e. The maximum atomic E-state index is 12.6. The van der Waals surface area contributed by atoms with Gasteiger partial charge in [0.1, 0.15) is 17.5 Å². The van der Waals surface area contributed by atoms with Crippen molar-refractivity contribution in [2.24, 2.45) is 0 Å². The molecule has 132 valence electrons. The highest BCUT2D eigenvalue weighted by molar-refractivity contribution is 5.97. The fraction of sp³-hybridized carbons (Fsp3) is 0.263. The summed E-state index contributed by atoms with van der Waals surface area (Å²) in [4.78, 5) is 24.6. The number of hydrogen-bond donors (Lipinski definition) is 1. The lowest BCUT2D eigenvalue weighted by Crippen LogP contribution is -2.43. The fourth-order valence-corrected chi connectivity index (χ4v) is 2.37. The van der Waals surface area contributed by atoms with Crippen LogP contribution in [-0.4, -0.2) is 39.2 Å². The van der Waals surface area contributed by atoms with E-state index in [1.807, 2.05) is 30.3 Å². The monoisotopic (exact) mass is 343 g/mol. The van der Waals surface area contributed by atoms with E-state index in [1.165, 1.54) is 21.3 Å². The lowest BCUT2D eigenvalue weighted by Gasteiger charge is -2.17. The Balaban J connectivity index is 2.20. The molecule has 2 rings (SSSR count). The van der Waals surface area contributed by atoms with Crippen LogP contribution in [0.25, 0.3) is 0 Å². The summed E-state index contributed by atoms with van der Waals surface area (Å²) in [5.74, 6) is 0.0555. The van der Waals surface area contributed by atoms with E-state index in [0.29, 0.717) is 23.5 Å². The molecule has 0 fully saturated rings. The number of rotatable bonds is 7. The fourth-order valence-electron chi connectivity index (χ4n) is 2.37. The molecule has 25 heavy (non-hydrogen) atoms. The van der Waals surface area contributed by atoms with Crippen molar-refractivity contribution in [2.75, 3.05) is 21.3 Å². The SMILES string of the molecule is COC(=O)[C@H](Cc1ccccc1)NC(=O)c1cc(OC)cc(OC)c1. The molecule has 2 aromatic rings. The van der Waals surface area contributed by atoms with Gasteiger partial charge in [0.15, 0.2) is 0 Å². The molecule has 0 saturated carbocycles. The summed E-state index contributed by atoms with van der Waals surface area (Å²) in [6.07, 6.45) is 0.334. The number of ether oxygens (including phenoxy) is 3. The summed E-state index contributed by atoms with van der Waals surface area (Å²) in [5, 5.41) is 2.71. The maximum absolute atomic E-state index is 12.6. The summed E-state index contributed by atoms with van der Waals surface area (Å²) < 4.78 is 15.1. The van der Waals surface area contributed by atoms with Crippen molar-refractivity contribution in [3.8, 4) is 11.5 Å². The van der Waals surface area contributed by atoms with Crippen LogP contribution in [0, 0.1) is 0 Å². The van der Waals surface area contributed by atoms with Crippen molar-refractivity contribution in [1.82, 2.24) is 5.32 Å². The molecule has 0 aromatic heterocycles. The number of carbonyl (C=O) groups excluding carboxylic acids is 2. The minimum absolute atomic E-state index is 0.332. The first kappa shape index (κ1) is 18.3. The number of esters is 1. The highest BCUT2D eigenvalue weighted by atomic mass is 16.5. The van der Waals surface area contributed by atoms with Crippen molar-refractivity contribution >= 4 is 11.9 Å². The second-order valence-corrected chi connectivity index (χ2v) is 5.34. The molecule has 0 aliphatic carbocycles. The molecule has 0 aliphatic heterocycles. The number of benzene rings is 2. The molecule has 0 radical (unpaired) electrons. The molecule has 0 unspecified atom stereocenters.